The molecule has 0 spiro atoms. The van der Waals surface area contributed by atoms with E-state index in [2.05, 4.69) is 15.0 Å². The summed E-state index contributed by atoms with van der Waals surface area (Å²) >= 11 is 0. The molecule has 0 radical (unpaired) electrons. The van der Waals surface area contributed by atoms with Crippen molar-refractivity contribution in [1.82, 2.24) is 4.98 Å². The highest BCUT2D eigenvalue weighted by atomic mass is 19.1. The van der Waals surface area contributed by atoms with Crippen LogP contribution >= 0.6 is 0 Å². The lowest BCUT2D eigenvalue weighted by molar-refractivity contribution is 0.544. The Hall–Kier alpha value is -2.57. The fourth-order valence-corrected chi connectivity index (χ4v) is 2.19. The van der Waals surface area contributed by atoms with Crippen molar-refractivity contribution in [2.24, 2.45) is 27.2 Å². The lowest BCUT2D eigenvalue weighted by Gasteiger charge is -2.22. The van der Waals surface area contributed by atoms with Crippen LogP contribution in [0.2, 0.25) is 0 Å². The number of benzene rings is 1. The topological polar surface area (TPSA) is 119 Å². The number of guanidine groups is 2. The van der Waals surface area contributed by atoms with E-state index in [9.17, 15) is 4.39 Å². The molecular weight excluding hydrogens is 271 g/mol. The predicted molar refractivity (Wildman–Crippen MR) is 83.6 cm³/mol. The third-order valence-corrected chi connectivity index (χ3v) is 3.25. The number of nitrogens with zero attached hydrogens (tertiary/aromatic N) is 2. The van der Waals surface area contributed by atoms with Crippen LogP contribution in [0.25, 0.3) is 10.9 Å². The molecule has 112 valence electrons. The van der Waals surface area contributed by atoms with Gasteiger partial charge in [0.1, 0.15) is 5.82 Å². The Morgan fingerprint density at radius 1 is 1.29 bits per heavy atom. The molecule has 21 heavy (non-hydrogen) atoms. The second kappa shape index (κ2) is 5.43. The smallest absolute Gasteiger partial charge is 0.218 e. The molecule has 1 heterocycles. The number of aromatic amines is 1. The van der Waals surface area contributed by atoms with Gasteiger partial charge in [-0.3, -0.25) is 4.99 Å². The normalized spacial score (nSPS) is 12.6. The Morgan fingerprint density at radius 2 is 2.00 bits per heavy atom. The molecule has 0 saturated heterocycles. The van der Waals surface area contributed by atoms with E-state index < -0.39 is 0 Å². The molecule has 0 aliphatic rings. The number of halogens is 1. The van der Waals surface area contributed by atoms with Crippen LogP contribution in [0.5, 0.6) is 0 Å². The molecule has 0 amide bonds. The van der Waals surface area contributed by atoms with Crippen LogP contribution in [-0.4, -0.2) is 23.4 Å². The highest BCUT2D eigenvalue weighted by Crippen LogP contribution is 2.31. The number of hydrogen-bond donors (Lipinski definition) is 4. The first-order valence-electron chi connectivity index (χ1n) is 6.46. The Bertz CT molecular complexity index is 709. The molecule has 7 heteroatoms. The van der Waals surface area contributed by atoms with Gasteiger partial charge in [0.15, 0.2) is 5.96 Å². The molecular formula is C14H19FN6. The quantitative estimate of drug-likeness (QED) is 0.502. The van der Waals surface area contributed by atoms with Gasteiger partial charge in [-0.2, -0.15) is 4.99 Å². The number of H-pyrrole nitrogens is 1. The summed E-state index contributed by atoms with van der Waals surface area (Å²) in [5.41, 5.74) is 17.6. The van der Waals surface area contributed by atoms with Crippen LogP contribution in [0.4, 0.5) is 4.39 Å². The van der Waals surface area contributed by atoms with Crippen molar-refractivity contribution in [2.45, 2.75) is 19.3 Å². The van der Waals surface area contributed by atoms with Gasteiger partial charge >= 0.3 is 0 Å². The second-order valence-electron chi connectivity index (χ2n) is 5.49. The van der Waals surface area contributed by atoms with Gasteiger partial charge in [0.2, 0.25) is 5.96 Å². The minimum absolute atomic E-state index is 0.0361. The van der Waals surface area contributed by atoms with Crippen LogP contribution in [0.3, 0.4) is 0 Å². The molecule has 0 fully saturated rings. The second-order valence-corrected chi connectivity index (χ2v) is 5.49. The SMILES string of the molecule is CC(C)(CN=C(N)N=C(N)N)c1c[nH]c2cc(F)ccc12. The lowest BCUT2D eigenvalue weighted by atomic mass is 9.84. The van der Waals surface area contributed by atoms with E-state index in [1.165, 1.54) is 12.1 Å². The predicted octanol–water partition coefficient (Wildman–Crippen LogP) is 1.17. The summed E-state index contributed by atoms with van der Waals surface area (Å²) < 4.78 is 13.2. The summed E-state index contributed by atoms with van der Waals surface area (Å²) in [4.78, 5) is 10.9. The van der Waals surface area contributed by atoms with E-state index in [0.717, 1.165) is 16.5 Å². The van der Waals surface area contributed by atoms with Crippen molar-refractivity contribution in [1.29, 1.82) is 0 Å². The van der Waals surface area contributed by atoms with Crippen molar-refractivity contribution in [3.8, 4) is 0 Å². The van der Waals surface area contributed by atoms with Crippen LogP contribution in [0, 0.1) is 5.82 Å². The maximum atomic E-state index is 13.2. The lowest BCUT2D eigenvalue weighted by Crippen LogP contribution is -2.28. The minimum Gasteiger partial charge on any atom is -0.370 e. The summed E-state index contributed by atoms with van der Waals surface area (Å²) in [6.07, 6.45) is 1.86. The third-order valence-electron chi connectivity index (χ3n) is 3.25. The Balaban J connectivity index is 2.31. The third kappa shape index (κ3) is 3.31. The average molecular weight is 290 g/mol. The van der Waals surface area contributed by atoms with Gasteiger partial charge in [-0.1, -0.05) is 13.8 Å². The van der Waals surface area contributed by atoms with Crippen LogP contribution in [-0.2, 0) is 5.41 Å². The fraction of sp³-hybridized carbons (Fsp3) is 0.286. The van der Waals surface area contributed by atoms with Crippen LogP contribution < -0.4 is 17.2 Å². The fourth-order valence-electron chi connectivity index (χ4n) is 2.19. The van der Waals surface area contributed by atoms with E-state index in [4.69, 9.17) is 17.2 Å². The molecule has 0 atom stereocenters. The summed E-state index contributed by atoms with van der Waals surface area (Å²) in [5.74, 6) is -0.366. The van der Waals surface area contributed by atoms with E-state index in [0.29, 0.717) is 6.54 Å². The van der Waals surface area contributed by atoms with Gasteiger partial charge in [-0.05, 0) is 23.8 Å². The number of fused-ring (bicyclic) bond motifs is 1. The number of aliphatic imine (C=N–C) groups is 2. The van der Waals surface area contributed by atoms with Gasteiger partial charge in [0.05, 0.1) is 6.54 Å². The molecule has 6 nitrogen and oxygen atoms in total. The molecule has 1 aromatic carbocycles. The standard InChI is InChI=1S/C14H19FN6/c1-14(2,7-20-13(18)21-12(16)17)10-6-19-11-5-8(15)3-4-9(10)11/h3-6,19H,7H2,1-2H3,(H6,16,17,18,20,21). The number of nitrogens with two attached hydrogens (primary N) is 3. The molecule has 2 rings (SSSR count). The highest BCUT2D eigenvalue weighted by molar-refractivity contribution is 5.92. The van der Waals surface area contributed by atoms with E-state index in [1.807, 2.05) is 20.0 Å². The zero-order valence-corrected chi connectivity index (χ0v) is 12.0. The Labute approximate surface area is 121 Å². The highest BCUT2D eigenvalue weighted by Gasteiger charge is 2.24. The van der Waals surface area contributed by atoms with Gasteiger partial charge in [0.25, 0.3) is 0 Å². The minimum atomic E-state index is -0.306. The molecule has 7 N–H and O–H groups in total. The van der Waals surface area contributed by atoms with E-state index in [1.54, 1.807) is 6.07 Å². The van der Waals surface area contributed by atoms with Crippen molar-refractivity contribution < 1.29 is 4.39 Å². The number of hydrogen-bond acceptors (Lipinski definition) is 1. The van der Waals surface area contributed by atoms with Crippen molar-refractivity contribution in [2.75, 3.05) is 6.54 Å². The number of aromatic nitrogens is 1. The zero-order valence-electron chi connectivity index (χ0n) is 12.0. The van der Waals surface area contributed by atoms with Gasteiger partial charge < -0.3 is 22.2 Å². The first-order valence-corrected chi connectivity index (χ1v) is 6.46. The molecule has 0 saturated carbocycles. The summed E-state index contributed by atoms with van der Waals surface area (Å²) in [7, 11) is 0. The molecule has 0 bridgehead atoms. The monoisotopic (exact) mass is 290 g/mol. The summed E-state index contributed by atoms with van der Waals surface area (Å²) in [6, 6.07) is 4.65. The number of nitrogens with one attached hydrogen (secondary N) is 1. The summed E-state index contributed by atoms with van der Waals surface area (Å²) in [5, 5.41) is 0.956. The largest absolute Gasteiger partial charge is 0.370 e. The first-order chi connectivity index (χ1) is 9.79. The molecule has 1 aromatic heterocycles. The molecule has 2 aromatic rings. The number of rotatable bonds is 3. The molecule has 0 aliphatic carbocycles. The van der Waals surface area contributed by atoms with Gasteiger partial charge in [-0.15, -0.1) is 0 Å². The Kier molecular flexibility index (Phi) is 3.84. The van der Waals surface area contributed by atoms with Gasteiger partial charge in [0, 0.05) is 22.5 Å². The Morgan fingerprint density at radius 3 is 2.67 bits per heavy atom. The van der Waals surface area contributed by atoms with Crippen molar-refractivity contribution in [3.63, 3.8) is 0 Å². The first kappa shape index (κ1) is 14.8. The van der Waals surface area contributed by atoms with Gasteiger partial charge in [-0.25, -0.2) is 4.39 Å². The maximum Gasteiger partial charge on any atom is 0.218 e. The maximum absolute atomic E-state index is 13.2. The average Bonchev–Trinajstić information content (AvgIpc) is 2.79. The van der Waals surface area contributed by atoms with Crippen LogP contribution in [0.1, 0.15) is 19.4 Å². The van der Waals surface area contributed by atoms with Crippen molar-refractivity contribution >= 4 is 22.8 Å². The van der Waals surface area contributed by atoms with E-state index >= 15 is 0 Å². The van der Waals surface area contributed by atoms with Crippen LogP contribution in [0.15, 0.2) is 34.4 Å². The summed E-state index contributed by atoms with van der Waals surface area (Å²) in [6.45, 7) is 4.44. The molecule has 0 unspecified atom stereocenters. The van der Waals surface area contributed by atoms with Crippen molar-refractivity contribution in [3.05, 3.63) is 35.8 Å². The van der Waals surface area contributed by atoms with E-state index in [-0.39, 0.29) is 23.2 Å². The zero-order chi connectivity index (χ0) is 15.6. The molecule has 0 aliphatic heterocycles.